The molecule has 0 aliphatic heterocycles. The number of aromatic amines is 1. The van der Waals surface area contributed by atoms with E-state index >= 15 is 0 Å². The lowest BCUT2D eigenvalue weighted by atomic mass is 10.1. The molecule has 0 fully saturated rings. The van der Waals surface area contributed by atoms with Crippen LogP contribution in [0, 0.1) is 0 Å². The highest BCUT2D eigenvalue weighted by molar-refractivity contribution is 7.80. The summed E-state index contributed by atoms with van der Waals surface area (Å²) in [6.45, 7) is 0. The number of phenols is 1. The van der Waals surface area contributed by atoms with E-state index in [-0.39, 0.29) is 11.0 Å². The largest absolute Gasteiger partial charge is 0.504 e. The van der Waals surface area contributed by atoms with Crippen molar-refractivity contribution < 1.29 is 9.84 Å². The van der Waals surface area contributed by atoms with Gasteiger partial charge in [0.1, 0.15) is 5.82 Å². The van der Waals surface area contributed by atoms with Crippen LogP contribution in [-0.2, 0) is 0 Å². The number of para-hydroxylation sites is 1. The first-order chi connectivity index (χ1) is 11.0. The van der Waals surface area contributed by atoms with Gasteiger partial charge in [0, 0.05) is 31.9 Å². The van der Waals surface area contributed by atoms with Gasteiger partial charge >= 0.3 is 0 Å². The minimum absolute atomic E-state index is 0.0717. The molecule has 0 aliphatic rings. The second-order valence-corrected chi connectivity index (χ2v) is 6.04. The van der Waals surface area contributed by atoms with Crippen LogP contribution in [0.15, 0.2) is 36.4 Å². The van der Waals surface area contributed by atoms with Gasteiger partial charge in [0.05, 0.1) is 23.4 Å². The number of methoxy groups -OCH3 is 1. The van der Waals surface area contributed by atoms with Gasteiger partial charge in [0.25, 0.3) is 0 Å². The molecule has 1 heterocycles. The highest BCUT2D eigenvalue weighted by Gasteiger charge is 2.19. The predicted molar refractivity (Wildman–Crippen MR) is 95.9 cm³/mol. The molecule has 120 valence electrons. The van der Waals surface area contributed by atoms with E-state index in [1.54, 1.807) is 12.1 Å². The van der Waals surface area contributed by atoms with Crippen LogP contribution in [0.5, 0.6) is 11.5 Å². The van der Waals surface area contributed by atoms with E-state index in [2.05, 4.69) is 20.9 Å². The molecule has 0 saturated carbocycles. The summed E-state index contributed by atoms with van der Waals surface area (Å²) in [6.07, 6.45) is 0. The number of benzene rings is 2. The second-order valence-electron chi connectivity index (χ2n) is 5.52. The van der Waals surface area contributed by atoms with Crippen LogP contribution in [0.3, 0.4) is 0 Å². The fourth-order valence-electron chi connectivity index (χ4n) is 2.61. The Morgan fingerprint density at radius 1 is 1.26 bits per heavy atom. The maximum absolute atomic E-state index is 9.89. The number of hydrogen-bond acceptors (Lipinski definition) is 5. The van der Waals surface area contributed by atoms with E-state index < -0.39 is 0 Å². The van der Waals surface area contributed by atoms with Gasteiger partial charge in [-0.15, -0.1) is 0 Å². The number of nitrogens with zero attached hydrogens (tertiary/aromatic N) is 2. The summed E-state index contributed by atoms with van der Waals surface area (Å²) >= 11 is 4.74. The van der Waals surface area contributed by atoms with Crippen LogP contribution in [-0.4, -0.2) is 36.3 Å². The number of aromatic nitrogens is 2. The lowest BCUT2D eigenvalue weighted by Gasteiger charge is -2.20. The second kappa shape index (κ2) is 6.04. The van der Waals surface area contributed by atoms with Crippen molar-refractivity contribution in [1.29, 1.82) is 0 Å². The van der Waals surface area contributed by atoms with Gasteiger partial charge < -0.3 is 19.7 Å². The predicted octanol–water partition coefficient (Wildman–Crippen LogP) is 3.36. The highest BCUT2D eigenvalue weighted by atomic mass is 32.1. The Balaban J connectivity index is 2.06. The molecule has 3 aromatic rings. The number of anilines is 1. The number of ether oxygens (including phenoxy) is 1. The number of nitrogens with one attached hydrogen (secondary N) is 1. The van der Waals surface area contributed by atoms with Gasteiger partial charge in [-0.05, 0) is 11.6 Å². The average molecular weight is 329 g/mol. The third-order valence-electron chi connectivity index (χ3n) is 3.77. The number of hydrogen-bond donors (Lipinski definition) is 3. The maximum atomic E-state index is 9.89. The van der Waals surface area contributed by atoms with Crippen LogP contribution < -0.4 is 9.64 Å². The van der Waals surface area contributed by atoms with Gasteiger partial charge in [0.2, 0.25) is 0 Å². The molecule has 2 aromatic carbocycles. The Kier molecular flexibility index (Phi) is 4.09. The molecule has 0 spiro atoms. The highest BCUT2D eigenvalue weighted by Crippen LogP contribution is 2.36. The lowest BCUT2D eigenvalue weighted by molar-refractivity contribution is 0.374. The zero-order valence-electron chi connectivity index (χ0n) is 13.2. The summed E-state index contributed by atoms with van der Waals surface area (Å²) in [6, 6.07) is 11.4. The molecule has 0 amide bonds. The van der Waals surface area contributed by atoms with E-state index in [1.165, 1.54) is 7.11 Å². The van der Waals surface area contributed by atoms with Crippen molar-refractivity contribution >= 4 is 29.3 Å². The molecule has 1 unspecified atom stereocenters. The van der Waals surface area contributed by atoms with Gasteiger partial charge in [0.15, 0.2) is 11.5 Å². The Morgan fingerprint density at radius 2 is 2.00 bits per heavy atom. The SMILES string of the molecule is COc1cc2[nH]c(C(S)c3ccccc3N(C)C)nc2cc1O. The van der Waals surface area contributed by atoms with Crippen LogP contribution in [0.4, 0.5) is 5.69 Å². The number of aromatic hydroxyl groups is 1. The Hall–Kier alpha value is -2.34. The van der Waals surface area contributed by atoms with Gasteiger partial charge in [-0.25, -0.2) is 4.98 Å². The summed E-state index contributed by atoms with van der Waals surface area (Å²) in [5, 5.41) is 9.69. The summed E-state index contributed by atoms with van der Waals surface area (Å²) < 4.78 is 5.13. The van der Waals surface area contributed by atoms with E-state index in [9.17, 15) is 5.11 Å². The number of H-pyrrole nitrogens is 1. The molecule has 0 saturated heterocycles. The van der Waals surface area contributed by atoms with Crippen molar-refractivity contribution in [2.75, 3.05) is 26.1 Å². The van der Waals surface area contributed by atoms with E-state index in [1.807, 2.05) is 32.3 Å². The van der Waals surface area contributed by atoms with Crippen molar-refractivity contribution in [3.05, 3.63) is 47.8 Å². The van der Waals surface area contributed by atoms with Gasteiger partial charge in [-0.1, -0.05) is 18.2 Å². The first kappa shape index (κ1) is 15.6. The molecule has 0 aliphatic carbocycles. The molecule has 5 nitrogen and oxygen atoms in total. The molecule has 2 N–H and O–H groups in total. The Bertz CT molecular complexity index is 845. The van der Waals surface area contributed by atoms with Crippen molar-refractivity contribution in [2.24, 2.45) is 0 Å². The van der Waals surface area contributed by atoms with Crippen molar-refractivity contribution in [2.45, 2.75) is 5.25 Å². The zero-order valence-corrected chi connectivity index (χ0v) is 14.1. The quantitative estimate of drug-likeness (QED) is 0.642. The summed E-state index contributed by atoms with van der Waals surface area (Å²) in [5.41, 5.74) is 3.64. The van der Waals surface area contributed by atoms with Crippen LogP contribution in [0.25, 0.3) is 11.0 Å². The third-order valence-corrected chi connectivity index (χ3v) is 4.30. The van der Waals surface area contributed by atoms with Crippen LogP contribution in [0.2, 0.25) is 0 Å². The number of phenolic OH excluding ortho intramolecular Hbond substituents is 1. The Morgan fingerprint density at radius 3 is 2.70 bits per heavy atom. The molecule has 6 heteroatoms. The standard InChI is InChI=1S/C17H19N3O2S/c1-20(2)13-7-5-4-6-10(13)16(23)17-18-11-8-14(21)15(22-3)9-12(11)19-17/h4-9,16,21,23H,1-3H3,(H,18,19). The third kappa shape index (κ3) is 2.82. The molecule has 0 radical (unpaired) electrons. The van der Waals surface area contributed by atoms with E-state index in [4.69, 9.17) is 17.4 Å². The van der Waals surface area contributed by atoms with Crippen molar-refractivity contribution in [1.82, 2.24) is 9.97 Å². The van der Waals surface area contributed by atoms with E-state index in [0.29, 0.717) is 11.3 Å². The summed E-state index contributed by atoms with van der Waals surface area (Å²) in [4.78, 5) is 9.88. The number of fused-ring (bicyclic) bond motifs is 1. The zero-order chi connectivity index (χ0) is 16.6. The molecule has 23 heavy (non-hydrogen) atoms. The monoisotopic (exact) mass is 329 g/mol. The number of thiol groups is 1. The minimum Gasteiger partial charge on any atom is -0.504 e. The summed E-state index contributed by atoms with van der Waals surface area (Å²) in [7, 11) is 5.52. The molecular formula is C17H19N3O2S. The molecule has 0 bridgehead atoms. The first-order valence-corrected chi connectivity index (χ1v) is 7.74. The fourth-order valence-corrected chi connectivity index (χ4v) is 2.95. The topological polar surface area (TPSA) is 61.4 Å². The van der Waals surface area contributed by atoms with E-state index in [0.717, 1.165) is 22.6 Å². The van der Waals surface area contributed by atoms with Crippen LogP contribution >= 0.6 is 12.6 Å². The average Bonchev–Trinajstić information content (AvgIpc) is 2.95. The lowest BCUT2D eigenvalue weighted by Crippen LogP contribution is -2.12. The number of rotatable bonds is 4. The molecule has 1 atom stereocenters. The molecule has 1 aromatic heterocycles. The number of imidazole rings is 1. The smallest absolute Gasteiger partial charge is 0.162 e. The minimum atomic E-state index is -0.200. The van der Waals surface area contributed by atoms with Gasteiger partial charge in [-0.3, -0.25) is 0 Å². The van der Waals surface area contributed by atoms with Crippen molar-refractivity contribution in [3.8, 4) is 11.5 Å². The Labute approximate surface area is 140 Å². The first-order valence-electron chi connectivity index (χ1n) is 7.22. The normalized spacial score (nSPS) is 12.3. The van der Waals surface area contributed by atoms with Gasteiger partial charge in [-0.2, -0.15) is 12.6 Å². The summed E-state index contributed by atoms with van der Waals surface area (Å²) in [5.74, 6) is 1.21. The molecule has 3 rings (SSSR count). The van der Waals surface area contributed by atoms with Crippen LogP contribution in [0.1, 0.15) is 16.6 Å². The fraction of sp³-hybridized carbons (Fsp3) is 0.235. The molecular weight excluding hydrogens is 310 g/mol. The van der Waals surface area contributed by atoms with Crippen molar-refractivity contribution in [3.63, 3.8) is 0 Å². The maximum Gasteiger partial charge on any atom is 0.162 e.